The number of piperidine rings is 1. The lowest BCUT2D eigenvalue weighted by molar-refractivity contribution is -0.137. The molecule has 3 rings (SSSR count). The first-order valence-electron chi connectivity index (χ1n) is 9.04. The first-order valence-corrected chi connectivity index (χ1v) is 9.04. The van der Waals surface area contributed by atoms with E-state index in [-0.39, 0.29) is 17.7 Å². The minimum absolute atomic E-state index is 0.179. The average molecular weight is 394 g/mol. The number of benzene rings is 1. The van der Waals surface area contributed by atoms with Crippen molar-refractivity contribution >= 4 is 11.8 Å². The predicted molar refractivity (Wildman–Crippen MR) is 95.3 cm³/mol. The molecule has 5 nitrogen and oxygen atoms in total. The molecule has 1 aromatic heterocycles. The van der Waals surface area contributed by atoms with Gasteiger partial charge in [0.25, 0.3) is 5.91 Å². The largest absolute Gasteiger partial charge is 0.472 e. The Labute approximate surface area is 160 Å². The highest BCUT2D eigenvalue weighted by Gasteiger charge is 2.31. The molecule has 0 bridgehead atoms. The van der Waals surface area contributed by atoms with Gasteiger partial charge in [-0.25, -0.2) is 0 Å². The summed E-state index contributed by atoms with van der Waals surface area (Å²) in [5.74, 6) is -0.749. The van der Waals surface area contributed by atoms with Crippen LogP contribution in [0.1, 0.15) is 47.3 Å². The fourth-order valence-electron chi connectivity index (χ4n) is 3.32. The van der Waals surface area contributed by atoms with E-state index in [0.29, 0.717) is 37.1 Å². The zero-order valence-electron chi connectivity index (χ0n) is 15.3. The first-order chi connectivity index (χ1) is 13.3. The van der Waals surface area contributed by atoms with Crippen LogP contribution >= 0.6 is 0 Å². The van der Waals surface area contributed by atoms with Crippen molar-refractivity contribution in [3.63, 3.8) is 0 Å². The van der Waals surface area contributed by atoms with Gasteiger partial charge in [0, 0.05) is 13.1 Å². The number of furan rings is 1. The quantitative estimate of drug-likeness (QED) is 0.852. The number of nitrogens with zero attached hydrogens (tertiary/aromatic N) is 1. The summed E-state index contributed by atoms with van der Waals surface area (Å²) in [5, 5.41) is 2.84. The Kier molecular flexibility index (Phi) is 5.76. The number of likely N-dealkylation sites (tertiary alicyclic amines) is 1. The minimum atomic E-state index is -4.39. The SMILES string of the molecule is CC(NC(=O)C1CCCN(C(=O)c2ccoc2)C1)c1ccc(C(F)(F)F)cc1. The topological polar surface area (TPSA) is 62.6 Å². The summed E-state index contributed by atoms with van der Waals surface area (Å²) in [5.41, 5.74) is 0.304. The molecule has 28 heavy (non-hydrogen) atoms. The number of rotatable bonds is 4. The molecule has 150 valence electrons. The number of carbonyl (C=O) groups is 2. The summed E-state index contributed by atoms with van der Waals surface area (Å²) < 4.78 is 42.9. The molecule has 2 atom stereocenters. The second-order valence-corrected chi connectivity index (χ2v) is 6.95. The van der Waals surface area contributed by atoms with Gasteiger partial charge in [0.2, 0.25) is 5.91 Å². The van der Waals surface area contributed by atoms with Gasteiger partial charge in [0.15, 0.2) is 0 Å². The van der Waals surface area contributed by atoms with Gasteiger partial charge in [-0.2, -0.15) is 13.2 Å². The molecule has 1 aromatic carbocycles. The van der Waals surface area contributed by atoms with Gasteiger partial charge in [0.05, 0.1) is 29.3 Å². The molecule has 1 saturated heterocycles. The van der Waals surface area contributed by atoms with Gasteiger partial charge in [0.1, 0.15) is 6.26 Å². The van der Waals surface area contributed by atoms with Crippen molar-refractivity contribution in [1.29, 1.82) is 0 Å². The maximum atomic E-state index is 12.7. The molecule has 0 spiro atoms. The predicted octanol–water partition coefficient (Wildman–Crippen LogP) is 4.03. The lowest BCUT2D eigenvalue weighted by atomic mass is 9.95. The fraction of sp³-hybridized carbons (Fsp3) is 0.400. The number of amides is 2. The van der Waals surface area contributed by atoms with Crippen molar-refractivity contribution in [2.24, 2.45) is 5.92 Å². The third-order valence-corrected chi connectivity index (χ3v) is 4.94. The molecule has 1 aliphatic rings. The monoisotopic (exact) mass is 394 g/mol. The number of hydrogen-bond donors (Lipinski definition) is 1. The van der Waals surface area contributed by atoms with E-state index in [1.807, 2.05) is 0 Å². The van der Waals surface area contributed by atoms with Crippen molar-refractivity contribution in [1.82, 2.24) is 10.2 Å². The van der Waals surface area contributed by atoms with Gasteiger partial charge in [-0.1, -0.05) is 12.1 Å². The van der Waals surface area contributed by atoms with Crippen LogP contribution in [-0.4, -0.2) is 29.8 Å². The summed E-state index contributed by atoms with van der Waals surface area (Å²) in [7, 11) is 0. The highest BCUT2D eigenvalue weighted by molar-refractivity contribution is 5.94. The Morgan fingerprint density at radius 1 is 1.21 bits per heavy atom. The van der Waals surface area contributed by atoms with E-state index in [9.17, 15) is 22.8 Å². The van der Waals surface area contributed by atoms with Crippen molar-refractivity contribution in [3.05, 3.63) is 59.5 Å². The van der Waals surface area contributed by atoms with Gasteiger partial charge in [-0.15, -0.1) is 0 Å². The zero-order chi connectivity index (χ0) is 20.3. The molecule has 2 heterocycles. The average Bonchev–Trinajstić information content (AvgIpc) is 3.21. The van der Waals surface area contributed by atoms with E-state index in [4.69, 9.17) is 4.42 Å². The summed E-state index contributed by atoms with van der Waals surface area (Å²) in [6, 6.07) is 5.88. The molecule has 1 N–H and O–H groups in total. The third-order valence-electron chi connectivity index (χ3n) is 4.94. The van der Waals surface area contributed by atoms with Gasteiger partial charge in [-0.05, 0) is 43.5 Å². The van der Waals surface area contributed by atoms with Crippen LogP contribution in [-0.2, 0) is 11.0 Å². The van der Waals surface area contributed by atoms with Crippen LogP contribution in [0.25, 0.3) is 0 Å². The van der Waals surface area contributed by atoms with Crippen LogP contribution in [0.2, 0.25) is 0 Å². The Balaban J connectivity index is 1.60. The fourth-order valence-corrected chi connectivity index (χ4v) is 3.32. The summed E-state index contributed by atoms with van der Waals surface area (Å²) in [4.78, 5) is 26.7. The number of carbonyl (C=O) groups excluding carboxylic acids is 2. The van der Waals surface area contributed by atoms with E-state index in [2.05, 4.69) is 5.32 Å². The van der Waals surface area contributed by atoms with Gasteiger partial charge >= 0.3 is 6.18 Å². The summed E-state index contributed by atoms with van der Waals surface area (Å²) >= 11 is 0. The summed E-state index contributed by atoms with van der Waals surface area (Å²) in [6.07, 6.45) is -0.235. The molecule has 1 aliphatic heterocycles. The lowest BCUT2D eigenvalue weighted by Gasteiger charge is -2.32. The number of alkyl halides is 3. The standard InChI is InChI=1S/C20H21F3N2O3/c1-13(14-4-6-17(7-5-14)20(21,22)23)24-18(26)15-3-2-9-25(11-15)19(27)16-8-10-28-12-16/h4-8,10,12-13,15H,2-3,9,11H2,1H3,(H,24,26). The molecule has 0 radical (unpaired) electrons. The molecule has 1 fully saturated rings. The maximum absolute atomic E-state index is 12.7. The van der Waals surface area contributed by atoms with Crippen LogP contribution < -0.4 is 5.32 Å². The highest BCUT2D eigenvalue weighted by atomic mass is 19.4. The van der Waals surface area contributed by atoms with Crippen molar-refractivity contribution in [2.45, 2.75) is 32.0 Å². The van der Waals surface area contributed by atoms with Crippen LogP contribution in [0.5, 0.6) is 0 Å². The lowest BCUT2D eigenvalue weighted by Crippen LogP contribution is -2.45. The number of hydrogen-bond acceptors (Lipinski definition) is 3. The zero-order valence-corrected chi connectivity index (χ0v) is 15.3. The first kappa shape index (κ1) is 20.0. The van der Waals surface area contributed by atoms with Gasteiger partial charge in [-0.3, -0.25) is 9.59 Å². The maximum Gasteiger partial charge on any atom is 0.416 e. The van der Waals surface area contributed by atoms with E-state index in [0.717, 1.165) is 12.1 Å². The van der Waals surface area contributed by atoms with Crippen LogP contribution in [0.4, 0.5) is 13.2 Å². The molecule has 0 saturated carbocycles. The normalized spacial score (nSPS) is 18.6. The molecule has 0 aliphatic carbocycles. The van der Waals surface area contributed by atoms with E-state index >= 15 is 0 Å². The molecule has 2 amide bonds. The second kappa shape index (κ2) is 8.08. The third kappa shape index (κ3) is 4.55. The van der Waals surface area contributed by atoms with Crippen molar-refractivity contribution < 1.29 is 27.2 Å². The smallest absolute Gasteiger partial charge is 0.416 e. The Bertz CT molecular complexity index is 816. The molecule has 8 heteroatoms. The van der Waals surface area contributed by atoms with Crippen molar-refractivity contribution in [3.8, 4) is 0 Å². The summed E-state index contributed by atoms with van der Waals surface area (Å²) in [6.45, 7) is 2.59. The molecular weight excluding hydrogens is 373 g/mol. The van der Waals surface area contributed by atoms with Crippen molar-refractivity contribution in [2.75, 3.05) is 13.1 Å². The molecular formula is C20H21F3N2O3. The molecule has 2 aromatic rings. The van der Waals surface area contributed by atoms with Crippen LogP contribution in [0, 0.1) is 5.92 Å². The Morgan fingerprint density at radius 2 is 1.93 bits per heavy atom. The van der Waals surface area contributed by atoms with Crippen LogP contribution in [0.15, 0.2) is 47.3 Å². The highest BCUT2D eigenvalue weighted by Crippen LogP contribution is 2.30. The number of nitrogens with one attached hydrogen (secondary N) is 1. The second-order valence-electron chi connectivity index (χ2n) is 6.95. The number of halogens is 3. The van der Waals surface area contributed by atoms with E-state index < -0.39 is 17.8 Å². The Morgan fingerprint density at radius 3 is 2.54 bits per heavy atom. The molecule has 2 unspecified atom stereocenters. The minimum Gasteiger partial charge on any atom is -0.472 e. The Hall–Kier alpha value is -2.77. The van der Waals surface area contributed by atoms with E-state index in [1.54, 1.807) is 17.9 Å². The van der Waals surface area contributed by atoms with E-state index in [1.165, 1.54) is 24.7 Å². The van der Waals surface area contributed by atoms with Crippen LogP contribution in [0.3, 0.4) is 0 Å². The van der Waals surface area contributed by atoms with Gasteiger partial charge < -0.3 is 14.6 Å².